The highest BCUT2D eigenvalue weighted by molar-refractivity contribution is 5.95. The zero-order valence-electron chi connectivity index (χ0n) is 15.7. The largest absolute Gasteiger partial charge is 0.452 e. The number of nitrogens with one attached hydrogen (secondary N) is 1. The van der Waals surface area contributed by atoms with Crippen LogP contribution >= 0.6 is 0 Å². The molecule has 0 saturated carbocycles. The molecule has 0 saturated heterocycles. The van der Waals surface area contributed by atoms with E-state index in [1.165, 1.54) is 0 Å². The third-order valence-electron chi connectivity index (χ3n) is 3.77. The minimum atomic E-state index is -0.530. The van der Waals surface area contributed by atoms with Gasteiger partial charge in [-0.2, -0.15) is 0 Å². The van der Waals surface area contributed by atoms with Gasteiger partial charge in [0.05, 0.1) is 18.3 Å². The molecule has 0 atom stereocenters. The molecule has 0 aliphatic rings. The van der Waals surface area contributed by atoms with Crippen LogP contribution < -0.4 is 5.32 Å². The highest BCUT2D eigenvalue weighted by Crippen LogP contribution is 2.16. The molecule has 0 spiro atoms. The molecule has 138 valence electrons. The average molecular weight is 355 g/mol. The molecule has 0 aliphatic carbocycles. The second-order valence-electron chi connectivity index (χ2n) is 6.50. The van der Waals surface area contributed by atoms with Gasteiger partial charge in [0, 0.05) is 5.69 Å². The highest BCUT2D eigenvalue weighted by Gasteiger charge is 2.11. The van der Waals surface area contributed by atoms with Crippen LogP contribution in [0.5, 0.6) is 0 Å². The number of esters is 1. The van der Waals surface area contributed by atoms with Gasteiger partial charge in [-0.1, -0.05) is 24.3 Å². The van der Waals surface area contributed by atoms with Gasteiger partial charge in [-0.3, -0.25) is 4.79 Å². The van der Waals surface area contributed by atoms with Crippen LogP contribution in [0.25, 0.3) is 0 Å². The van der Waals surface area contributed by atoms with E-state index < -0.39 is 5.97 Å². The second kappa shape index (κ2) is 9.15. The lowest BCUT2D eigenvalue weighted by Gasteiger charge is -2.10. The van der Waals surface area contributed by atoms with Crippen molar-refractivity contribution in [2.75, 3.05) is 11.9 Å². The second-order valence-corrected chi connectivity index (χ2v) is 6.50. The first-order chi connectivity index (χ1) is 12.3. The lowest BCUT2D eigenvalue weighted by molar-refractivity contribution is -0.119. The van der Waals surface area contributed by atoms with E-state index in [0.29, 0.717) is 12.2 Å². The van der Waals surface area contributed by atoms with Crippen molar-refractivity contribution in [1.29, 1.82) is 0 Å². The zero-order valence-corrected chi connectivity index (χ0v) is 15.7. The van der Waals surface area contributed by atoms with Gasteiger partial charge in [-0.05, 0) is 62.6 Å². The van der Waals surface area contributed by atoms with Crippen LogP contribution in [0.2, 0.25) is 0 Å². The summed E-state index contributed by atoms with van der Waals surface area (Å²) in [6.07, 6.45) is 0.148. The summed E-state index contributed by atoms with van der Waals surface area (Å²) in [5.74, 6) is -0.897. The predicted molar refractivity (Wildman–Crippen MR) is 101 cm³/mol. The van der Waals surface area contributed by atoms with E-state index in [2.05, 4.69) is 5.32 Å². The molecule has 0 aliphatic heterocycles. The maximum atomic E-state index is 12.1. The Labute approximate surface area is 154 Å². The molecule has 2 aromatic carbocycles. The first-order valence-corrected chi connectivity index (χ1v) is 8.60. The molecule has 2 rings (SSSR count). The first-order valence-electron chi connectivity index (χ1n) is 8.60. The Bertz CT molecular complexity index is 766. The van der Waals surface area contributed by atoms with E-state index in [1.54, 1.807) is 12.1 Å². The van der Waals surface area contributed by atoms with Crippen LogP contribution in [0.1, 0.15) is 40.9 Å². The fourth-order valence-corrected chi connectivity index (χ4v) is 2.27. The molecule has 1 N–H and O–H groups in total. The Balaban J connectivity index is 1.85. The number of aryl methyl sites for hydroxylation is 2. The number of hydrogen-bond donors (Lipinski definition) is 1. The molecule has 0 fully saturated rings. The Hall–Kier alpha value is -2.66. The molecule has 26 heavy (non-hydrogen) atoms. The molecule has 0 heterocycles. The van der Waals surface area contributed by atoms with E-state index >= 15 is 0 Å². The average Bonchev–Trinajstić information content (AvgIpc) is 2.61. The summed E-state index contributed by atoms with van der Waals surface area (Å²) in [6.45, 7) is 7.95. The molecular formula is C21H25NO4. The lowest BCUT2D eigenvalue weighted by Crippen LogP contribution is -2.21. The number of benzene rings is 2. The molecule has 5 heteroatoms. The molecule has 0 unspecified atom stereocenters. The van der Waals surface area contributed by atoms with E-state index in [9.17, 15) is 9.59 Å². The van der Waals surface area contributed by atoms with Crippen LogP contribution in [-0.2, 0) is 20.9 Å². The molecule has 5 nitrogen and oxygen atoms in total. The number of carbonyl (C=O) groups excluding carboxylic acids is 2. The Morgan fingerprint density at radius 2 is 1.73 bits per heavy atom. The van der Waals surface area contributed by atoms with Gasteiger partial charge in [-0.15, -0.1) is 0 Å². The number of hydrogen-bond acceptors (Lipinski definition) is 4. The summed E-state index contributed by atoms with van der Waals surface area (Å²) < 4.78 is 10.6. The third kappa shape index (κ3) is 6.01. The number of ether oxygens (including phenoxy) is 2. The van der Waals surface area contributed by atoms with E-state index in [4.69, 9.17) is 9.47 Å². The maximum absolute atomic E-state index is 12.1. The van der Waals surface area contributed by atoms with Crippen molar-refractivity contribution >= 4 is 17.6 Å². The monoisotopic (exact) mass is 355 g/mol. The van der Waals surface area contributed by atoms with Gasteiger partial charge in [0.15, 0.2) is 6.61 Å². The molecular weight excluding hydrogens is 330 g/mol. The van der Waals surface area contributed by atoms with Gasteiger partial charge in [0.25, 0.3) is 5.91 Å². The number of carbonyl (C=O) groups is 2. The van der Waals surface area contributed by atoms with Crippen molar-refractivity contribution in [3.63, 3.8) is 0 Å². The molecule has 0 aromatic heterocycles. The fraction of sp³-hybridized carbons (Fsp3) is 0.333. The summed E-state index contributed by atoms with van der Waals surface area (Å²) in [4.78, 5) is 24.1. The highest BCUT2D eigenvalue weighted by atomic mass is 16.5. The molecule has 1 amide bonds. The quantitative estimate of drug-likeness (QED) is 0.762. The van der Waals surface area contributed by atoms with E-state index in [0.717, 1.165) is 22.4 Å². The number of amides is 1. The maximum Gasteiger partial charge on any atom is 0.338 e. The van der Waals surface area contributed by atoms with Crippen molar-refractivity contribution in [3.05, 3.63) is 64.7 Å². The smallest absolute Gasteiger partial charge is 0.338 e. The fourth-order valence-electron chi connectivity index (χ4n) is 2.27. The van der Waals surface area contributed by atoms with Crippen molar-refractivity contribution in [3.8, 4) is 0 Å². The predicted octanol–water partition coefficient (Wildman–Crippen LogP) is 4.02. The number of rotatable bonds is 7. The van der Waals surface area contributed by atoms with Gasteiger partial charge in [0.2, 0.25) is 0 Å². The van der Waals surface area contributed by atoms with Crippen molar-refractivity contribution in [2.45, 2.75) is 40.4 Å². The van der Waals surface area contributed by atoms with Crippen LogP contribution in [0.15, 0.2) is 42.5 Å². The van der Waals surface area contributed by atoms with Crippen LogP contribution in [0.4, 0.5) is 5.69 Å². The minimum Gasteiger partial charge on any atom is -0.452 e. The van der Waals surface area contributed by atoms with Gasteiger partial charge in [-0.25, -0.2) is 4.79 Å². The molecule has 2 aromatic rings. The van der Waals surface area contributed by atoms with Crippen molar-refractivity contribution in [2.24, 2.45) is 0 Å². The van der Waals surface area contributed by atoms with Crippen LogP contribution in [0, 0.1) is 13.8 Å². The summed E-state index contributed by atoms with van der Waals surface area (Å²) in [7, 11) is 0. The normalized spacial score (nSPS) is 10.7. The van der Waals surface area contributed by atoms with Gasteiger partial charge >= 0.3 is 5.97 Å². The number of anilines is 1. The van der Waals surface area contributed by atoms with E-state index in [1.807, 2.05) is 58.0 Å². The van der Waals surface area contributed by atoms with Crippen molar-refractivity contribution < 1.29 is 19.1 Å². The zero-order chi connectivity index (χ0) is 19.1. The Kier molecular flexibility index (Phi) is 6.92. The van der Waals surface area contributed by atoms with Gasteiger partial charge < -0.3 is 14.8 Å². The summed E-state index contributed by atoms with van der Waals surface area (Å²) in [5, 5.41) is 2.76. The summed E-state index contributed by atoms with van der Waals surface area (Å²) in [6, 6.07) is 12.8. The topological polar surface area (TPSA) is 64.6 Å². The summed E-state index contributed by atoms with van der Waals surface area (Å²) in [5.41, 5.74) is 4.10. The lowest BCUT2D eigenvalue weighted by atomic mass is 10.1. The third-order valence-corrected chi connectivity index (χ3v) is 3.77. The van der Waals surface area contributed by atoms with E-state index in [-0.39, 0.29) is 18.6 Å². The standard InChI is InChI=1S/C21H25NO4/c1-14(2)25-12-17-7-9-18(10-8-17)21(24)26-13-20(23)22-19-11-15(3)5-6-16(19)4/h5-11,14H,12-13H2,1-4H3,(H,22,23). The Morgan fingerprint density at radius 3 is 2.38 bits per heavy atom. The van der Waals surface area contributed by atoms with Crippen LogP contribution in [-0.4, -0.2) is 24.6 Å². The van der Waals surface area contributed by atoms with Gasteiger partial charge in [0.1, 0.15) is 0 Å². The Morgan fingerprint density at radius 1 is 1.04 bits per heavy atom. The van der Waals surface area contributed by atoms with Crippen molar-refractivity contribution in [1.82, 2.24) is 0 Å². The van der Waals surface area contributed by atoms with Crippen LogP contribution in [0.3, 0.4) is 0 Å². The molecule has 0 bridgehead atoms. The summed E-state index contributed by atoms with van der Waals surface area (Å²) >= 11 is 0. The molecule has 0 radical (unpaired) electrons. The SMILES string of the molecule is Cc1ccc(C)c(NC(=O)COC(=O)c2ccc(COC(C)C)cc2)c1. The minimum absolute atomic E-state index is 0.148. The first kappa shape index (κ1) is 19.7.